The van der Waals surface area contributed by atoms with Crippen LogP contribution in [0, 0.1) is 0 Å². The maximum absolute atomic E-state index is 12.6. The Morgan fingerprint density at radius 1 is 1.17 bits per heavy atom. The van der Waals surface area contributed by atoms with E-state index in [1.807, 2.05) is 0 Å². The molecule has 1 amide bonds. The summed E-state index contributed by atoms with van der Waals surface area (Å²) in [6, 6.07) is -1.80. The zero-order valence-electron chi connectivity index (χ0n) is 16.6. The monoisotopic (exact) mass is 514 g/mol. The number of fused-ring (bicyclic) bond motifs is 2. The molecule has 0 radical (unpaired) electrons. The first-order valence-electron chi connectivity index (χ1n) is 8.18. The number of carboxylic acid groups (broad SMARTS) is 1. The van der Waals surface area contributed by atoms with Gasteiger partial charge in [-0.3, -0.25) is 4.90 Å². The van der Waals surface area contributed by atoms with Gasteiger partial charge < -0.3 is 23.7 Å². The van der Waals surface area contributed by atoms with Crippen LogP contribution in [0.1, 0.15) is 27.2 Å². The van der Waals surface area contributed by atoms with E-state index in [2.05, 4.69) is 4.18 Å². The minimum atomic E-state index is -6.04. The Bertz CT molecular complexity index is 808. The smallest absolute Gasteiger partial charge is 0.545 e. The van der Waals surface area contributed by atoms with Gasteiger partial charge in [0.15, 0.2) is 0 Å². The van der Waals surface area contributed by atoms with Gasteiger partial charge in [-0.15, -0.1) is 0 Å². The molecule has 14 heteroatoms. The first kappa shape index (κ1) is 26.8. The third-order valence-electron chi connectivity index (χ3n) is 4.31. The van der Waals surface area contributed by atoms with Gasteiger partial charge in [0.05, 0.1) is 12.0 Å². The standard InChI is InChI=1S/C15H21F3N2O7S.Rb/c1-14(2,3)26-13(23)20-6-8-5-10(27-28(24,25)15(16,17)18)11(12(21)22)9(7-20)19(8)4;/h8-9H,5-7H2,1-4H3,(H,21,22);/q;+1/p-1. The third-order valence-corrected chi connectivity index (χ3v) is 5.30. The van der Waals surface area contributed by atoms with E-state index in [1.54, 1.807) is 20.8 Å². The number of alkyl halides is 3. The number of likely N-dealkylation sites (N-methyl/N-ethyl adjacent to an activating group) is 1. The van der Waals surface area contributed by atoms with Gasteiger partial charge in [-0.05, 0) is 27.8 Å². The van der Waals surface area contributed by atoms with Crippen molar-refractivity contribution in [3.05, 3.63) is 11.3 Å². The minimum Gasteiger partial charge on any atom is -0.545 e. The van der Waals surface area contributed by atoms with E-state index in [9.17, 15) is 36.3 Å². The van der Waals surface area contributed by atoms with Gasteiger partial charge in [0.25, 0.3) is 0 Å². The molecule has 2 atom stereocenters. The molecule has 2 unspecified atom stereocenters. The zero-order chi connectivity index (χ0) is 21.7. The van der Waals surface area contributed by atoms with Gasteiger partial charge >= 0.3 is 79.9 Å². The van der Waals surface area contributed by atoms with Crippen molar-refractivity contribution in [3.63, 3.8) is 0 Å². The van der Waals surface area contributed by atoms with E-state index < -0.39 is 63.1 Å². The molecule has 0 aliphatic carbocycles. The summed E-state index contributed by atoms with van der Waals surface area (Å²) in [5.74, 6) is -2.72. The molecule has 0 aromatic carbocycles. The SMILES string of the molecule is CN1C2CC(OS(=O)(=O)C(F)(F)F)=C(C(=O)[O-])C1CN(C(=O)OC(C)(C)C)C2.[Rb+]. The zero-order valence-corrected chi connectivity index (χ0v) is 22.3. The molecule has 0 aromatic heterocycles. The predicted molar refractivity (Wildman–Crippen MR) is 85.9 cm³/mol. The minimum absolute atomic E-state index is 0. The number of hydrogen-bond acceptors (Lipinski definition) is 8. The summed E-state index contributed by atoms with van der Waals surface area (Å²) < 4.78 is 69.9. The van der Waals surface area contributed by atoms with Crippen molar-refractivity contribution in [1.82, 2.24) is 9.80 Å². The Balaban J connectivity index is 0.00000420. The number of hydrogen-bond donors (Lipinski definition) is 0. The molecule has 0 saturated carbocycles. The second-order valence-electron chi connectivity index (χ2n) is 7.53. The van der Waals surface area contributed by atoms with Crippen LogP contribution in [0.4, 0.5) is 18.0 Å². The number of nitrogens with zero attached hydrogens (tertiary/aromatic N) is 2. The van der Waals surface area contributed by atoms with Crippen molar-refractivity contribution in [2.24, 2.45) is 0 Å². The summed E-state index contributed by atoms with van der Waals surface area (Å²) in [6.45, 7) is 4.66. The first-order chi connectivity index (χ1) is 12.5. The summed E-state index contributed by atoms with van der Waals surface area (Å²) in [4.78, 5) is 26.6. The fraction of sp³-hybridized carbons (Fsp3) is 0.733. The number of carbonyl (C=O) groups excluding carboxylic acids is 2. The van der Waals surface area contributed by atoms with Crippen molar-refractivity contribution in [2.75, 3.05) is 20.1 Å². The predicted octanol–water partition coefficient (Wildman–Crippen LogP) is -2.82. The van der Waals surface area contributed by atoms with Crippen molar-refractivity contribution in [3.8, 4) is 0 Å². The van der Waals surface area contributed by atoms with E-state index in [4.69, 9.17) is 4.74 Å². The Morgan fingerprint density at radius 3 is 2.17 bits per heavy atom. The molecule has 29 heavy (non-hydrogen) atoms. The molecule has 2 aliphatic rings. The molecular formula is C15H20F3N2O7RbS. The number of piperazine rings is 1. The normalized spacial score (nSPS) is 23.3. The van der Waals surface area contributed by atoms with E-state index in [0.29, 0.717) is 0 Å². The number of carboxylic acids is 1. The average Bonchev–Trinajstić information content (AvgIpc) is 2.44. The second kappa shape index (κ2) is 9.11. The molecule has 2 bridgehead atoms. The maximum atomic E-state index is 12.6. The van der Waals surface area contributed by atoms with Crippen molar-refractivity contribution in [2.45, 2.75) is 50.4 Å². The van der Waals surface area contributed by atoms with Crippen LogP contribution < -0.4 is 63.3 Å². The van der Waals surface area contributed by atoms with Crippen LogP contribution in [-0.2, 0) is 23.8 Å². The second-order valence-corrected chi connectivity index (χ2v) is 9.07. The Hall–Kier alpha value is -0.215. The molecule has 2 heterocycles. The Kier molecular flexibility index (Phi) is 8.42. The number of rotatable bonds is 3. The van der Waals surface area contributed by atoms with E-state index in [-0.39, 0.29) is 71.3 Å². The largest absolute Gasteiger partial charge is 1.00 e. The number of carbonyl (C=O) groups is 2. The summed E-state index contributed by atoms with van der Waals surface area (Å²) in [5.41, 5.74) is -7.27. The maximum Gasteiger partial charge on any atom is 1.00 e. The molecule has 0 spiro atoms. The summed E-state index contributed by atoms with van der Waals surface area (Å²) in [5, 5.41) is 11.6. The molecule has 0 N–H and O–H groups in total. The summed E-state index contributed by atoms with van der Waals surface area (Å²) in [7, 11) is -4.53. The fourth-order valence-corrected chi connectivity index (χ4v) is 3.56. The van der Waals surface area contributed by atoms with Crippen LogP contribution in [0.25, 0.3) is 0 Å². The molecule has 0 aromatic rings. The van der Waals surface area contributed by atoms with Crippen LogP contribution in [-0.4, -0.2) is 73.6 Å². The van der Waals surface area contributed by atoms with Crippen LogP contribution in [0.5, 0.6) is 0 Å². The van der Waals surface area contributed by atoms with E-state index in [0.717, 1.165) is 0 Å². The number of aliphatic carboxylic acids is 1. The van der Waals surface area contributed by atoms with Crippen molar-refractivity contribution >= 4 is 22.2 Å². The third kappa shape index (κ3) is 6.15. The van der Waals surface area contributed by atoms with Crippen molar-refractivity contribution in [1.29, 1.82) is 0 Å². The summed E-state index contributed by atoms with van der Waals surface area (Å²) in [6.07, 6.45) is -1.19. The molecule has 160 valence electrons. The van der Waals surface area contributed by atoms with E-state index >= 15 is 0 Å². The van der Waals surface area contributed by atoms with Crippen LogP contribution in [0.2, 0.25) is 0 Å². The van der Waals surface area contributed by atoms with Crippen molar-refractivity contribution < 1.29 is 103 Å². The van der Waals surface area contributed by atoms with Gasteiger partial charge in [-0.1, -0.05) is 0 Å². The quantitative estimate of drug-likeness (QED) is 0.293. The fourth-order valence-electron chi connectivity index (χ4n) is 3.05. The molecule has 2 rings (SSSR count). The topological polar surface area (TPSA) is 116 Å². The number of amides is 1. The number of halogens is 3. The Morgan fingerprint density at radius 2 is 1.72 bits per heavy atom. The molecule has 1 fully saturated rings. The van der Waals surface area contributed by atoms with Gasteiger partial charge in [0.1, 0.15) is 11.4 Å². The van der Waals surface area contributed by atoms with Crippen LogP contribution in [0.3, 0.4) is 0 Å². The summed E-state index contributed by atoms with van der Waals surface area (Å²) >= 11 is 0. The number of ether oxygens (including phenoxy) is 1. The van der Waals surface area contributed by atoms with Gasteiger partial charge in [-0.25, -0.2) is 4.79 Å². The van der Waals surface area contributed by atoms with Gasteiger partial charge in [-0.2, -0.15) is 21.6 Å². The molecule has 9 nitrogen and oxygen atoms in total. The van der Waals surface area contributed by atoms with Crippen LogP contribution >= 0.6 is 0 Å². The van der Waals surface area contributed by atoms with Crippen LogP contribution in [0.15, 0.2) is 11.3 Å². The van der Waals surface area contributed by atoms with Gasteiger partial charge in [0.2, 0.25) is 0 Å². The first-order valence-corrected chi connectivity index (χ1v) is 9.59. The Labute approximate surface area is 215 Å². The van der Waals surface area contributed by atoms with Gasteiger partial charge in [0, 0.05) is 31.1 Å². The average molecular weight is 515 g/mol. The van der Waals surface area contributed by atoms with E-state index in [1.165, 1.54) is 16.8 Å². The molecule has 1 saturated heterocycles. The molecule has 2 aliphatic heterocycles. The molecular weight excluding hydrogens is 495 g/mol.